The van der Waals surface area contributed by atoms with Gasteiger partial charge < -0.3 is 31.9 Å². The number of carboxylic acid groups (broad SMARTS) is 1. The van der Waals surface area contributed by atoms with E-state index in [1.165, 1.54) is 0 Å². The van der Waals surface area contributed by atoms with Gasteiger partial charge in [-0.15, -0.1) is 0 Å². The molecule has 0 saturated carbocycles. The molecule has 0 rings (SSSR count). The molecule has 0 aromatic rings. The van der Waals surface area contributed by atoms with Crippen LogP contribution in [-0.2, 0) is 19.2 Å². The summed E-state index contributed by atoms with van der Waals surface area (Å²) in [4.78, 5) is 47.8. The minimum atomic E-state index is -1.47. The fourth-order valence-corrected chi connectivity index (χ4v) is 2.33. The highest BCUT2D eigenvalue weighted by atomic mass is 16.4. The summed E-state index contributed by atoms with van der Waals surface area (Å²) in [5.74, 6) is -3.65. The van der Waals surface area contributed by atoms with Gasteiger partial charge in [0.05, 0.1) is 13.2 Å². The van der Waals surface area contributed by atoms with Crippen LogP contribution in [0.2, 0.25) is 0 Å². The predicted octanol–water partition coefficient (Wildman–Crippen LogP) is -1.43. The van der Waals surface area contributed by atoms with E-state index in [1.807, 2.05) is 13.8 Å². The van der Waals surface area contributed by atoms with Crippen molar-refractivity contribution in [3.05, 3.63) is 0 Å². The van der Waals surface area contributed by atoms with E-state index in [0.29, 0.717) is 12.8 Å². The third-order valence-electron chi connectivity index (χ3n) is 4.59. The molecule has 0 aliphatic heterocycles. The van der Waals surface area contributed by atoms with Gasteiger partial charge in [0.25, 0.3) is 0 Å². The van der Waals surface area contributed by atoms with Crippen molar-refractivity contribution in [1.29, 1.82) is 0 Å². The Morgan fingerprint density at radius 1 is 0.889 bits per heavy atom. The highest BCUT2D eigenvalue weighted by molar-refractivity contribution is 5.93. The normalized spacial score (nSPS) is 16.4. The second-order valence-electron chi connectivity index (χ2n) is 6.59. The van der Waals surface area contributed by atoms with E-state index in [-0.39, 0.29) is 18.4 Å². The molecule has 0 spiro atoms. The van der Waals surface area contributed by atoms with Crippen LogP contribution in [-0.4, -0.2) is 65.2 Å². The van der Waals surface area contributed by atoms with Crippen LogP contribution < -0.4 is 21.7 Å². The summed E-state index contributed by atoms with van der Waals surface area (Å²) in [6.07, 6.45) is 1.15. The van der Waals surface area contributed by atoms with Crippen LogP contribution in [0.5, 0.6) is 0 Å². The van der Waals surface area contributed by atoms with Gasteiger partial charge in [-0.2, -0.15) is 0 Å². The molecule has 5 atom stereocenters. The SMILES string of the molecule is CCC(C)C(NC(=O)CN)C(=O)NC(C(=O)NC(CO)C(=O)O)C(C)CC. The maximum Gasteiger partial charge on any atom is 0.328 e. The van der Waals surface area contributed by atoms with Crippen molar-refractivity contribution in [1.82, 2.24) is 16.0 Å². The number of rotatable bonds is 12. The third-order valence-corrected chi connectivity index (χ3v) is 4.59. The molecule has 0 aliphatic rings. The number of nitrogens with one attached hydrogen (secondary N) is 3. The van der Waals surface area contributed by atoms with E-state index < -0.39 is 48.4 Å². The van der Waals surface area contributed by atoms with Crippen molar-refractivity contribution >= 4 is 23.7 Å². The summed E-state index contributed by atoms with van der Waals surface area (Å²) in [6, 6.07) is -3.36. The number of hydrogen-bond acceptors (Lipinski definition) is 6. The predicted molar refractivity (Wildman–Crippen MR) is 98.5 cm³/mol. The first kappa shape index (κ1) is 24.8. The lowest BCUT2D eigenvalue weighted by Gasteiger charge is -2.29. The van der Waals surface area contributed by atoms with E-state index in [4.69, 9.17) is 15.9 Å². The quantitative estimate of drug-likeness (QED) is 0.238. The first-order valence-electron chi connectivity index (χ1n) is 9.06. The number of nitrogens with two attached hydrogens (primary N) is 1. The monoisotopic (exact) mass is 388 g/mol. The Bertz CT molecular complexity index is 528. The Balaban J connectivity index is 5.39. The fourth-order valence-electron chi connectivity index (χ4n) is 2.33. The van der Waals surface area contributed by atoms with Gasteiger partial charge in [-0.1, -0.05) is 40.5 Å². The van der Waals surface area contributed by atoms with Gasteiger partial charge >= 0.3 is 5.97 Å². The molecule has 0 heterocycles. The lowest BCUT2D eigenvalue weighted by atomic mass is 9.94. The van der Waals surface area contributed by atoms with Crippen molar-refractivity contribution in [2.24, 2.45) is 17.6 Å². The average molecular weight is 388 g/mol. The molecule has 0 aromatic heterocycles. The zero-order valence-electron chi connectivity index (χ0n) is 16.3. The lowest BCUT2D eigenvalue weighted by Crippen LogP contribution is -2.59. The summed E-state index contributed by atoms with van der Waals surface area (Å²) in [6.45, 7) is 6.15. The van der Waals surface area contributed by atoms with Gasteiger partial charge in [-0.05, 0) is 11.8 Å². The molecule has 5 unspecified atom stereocenters. The number of carbonyl (C=O) groups is 4. The molecule has 10 heteroatoms. The Hall–Kier alpha value is -2.20. The maximum atomic E-state index is 12.7. The molecule has 0 aliphatic carbocycles. The number of carboxylic acids is 1. The van der Waals surface area contributed by atoms with E-state index >= 15 is 0 Å². The van der Waals surface area contributed by atoms with Gasteiger partial charge in [-0.25, -0.2) is 4.79 Å². The van der Waals surface area contributed by atoms with Gasteiger partial charge in [-0.3, -0.25) is 14.4 Å². The highest BCUT2D eigenvalue weighted by Crippen LogP contribution is 2.12. The Labute approximate surface area is 159 Å². The first-order chi connectivity index (χ1) is 12.6. The Morgan fingerprint density at radius 3 is 1.70 bits per heavy atom. The van der Waals surface area contributed by atoms with Gasteiger partial charge in [0.1, 0.15) is 18.1 Å². The molecule has 0 fully saturated rings. The molecular weight excluding hydrogens is 356 g/mol. The standard InChI is InChI=1S/C17H32N4O6/c1-5-9(3)13(20-12(23)7-18)16(25)21-14(10(4)6-2)15(24)19-11(8-22)17(26)27/h9-11,13-14,22H,5-8,18H2,1-4H3,(H,19,24)(H,20,23)(H,21,25)(H,26,27). The van der Waals surface area contributed by atoms with Crippen LogP contribution in [0.4, 0.5) is 0 Å². The molecule has 0 radical (unpaired) electrons. The van der Waals surface area contributed by atoms with Crippen molar-refractivity contribution in [3.63, 3.8) is 0 Å². The lowest BCUT2D eigenvalue weighted by molar-refractivity contribution is -0.143. The molecule has 156 valence electrons. The third kappa shape index (κ3) is 7.92. The second-order valence-corrected chi connectivity index (χ2v) is 6.59. The topological polar surface area (TPSA) is 171 Å². The first-order valence-corrected chi connectivity index (χ1v) is 9.06. The van der Waals surface area contributed by atoms with Crippen molar-refractivity contribution in [3.8, 4) is 0 Å². The zero-order valence-corrected chi connectivity index (χ0v) is 16.3. The summed E-state index contributed by atoms with van der Waals surface area (Å²) >= 11 is 0. The molecule has 0 aromatic carbocycles. The van der Waals surface area contributed by atoms with E-state index in [2.05, 4.69) is 16.0 Å². The highest BCUT2D eigenvalue weighted by Gasteiger charge is 2.33. The molecule has 7 N–H and O–H groups in total. The van der Waals surface area contributed by atoms with Gasteiger partial charge in [0.2, 0.25) is 17.7 Å². The van der Waals surface area contributed by atoms with E-state index in [9.17, 15) is 19.2 Å². The smallest absolute Gasteiger partial charge is 0.328 e. The molecular formula is C17H32N4O6. The van der Waals surface area contributed by atoms with Crippen LogP contribution in [0.3, 0.4) is 0 Å². The van der Waals surface area contributed by atoms with Crippen molar-refractivity contribution in [2.45, 2.75) is 58.7 Å². The molecule has 10 nitrogen and oxygen atoms in total. The molecule has 27 heavy (non-hydrogen) atoms. The number of aliphatic carboxylic acids is 1. The minimum absolute atomic E-state index is 0.203. The van der Waals surface area contributed by atoms with Crippen LogP contribution in [0.25, 0.3) is 0 Å². The number of amides is 3. The summed E-state index contributed by atoms with van der Waals surface area (Å²) < 4.78 is 0. The molecule has 0 bridgehead atoms. The van der Waals surface area contributed by atoms with Crippen LogP contribution in [0.15, 0.2) is 0 Å². The van der Waals surface area contributed by atoms with Crippen molar-refractivity contribution < 1.29 is 29.4 Å². The van der Waals surface area contributed by atoms with Crippen molar-refractivity contribution in [2.75, 3.05) is 13.2 Å². The van der Waals surface area contributed by atoms with Crippen LogP contribution >= 0.6 is 0 Å². The minimum Gasteiger partial charge on any atom is -0.480 e. The fraction of sp³-hybridized carbons (Fsp3) is 0.765. The van der Waals surface area contributed by atoms with Gasteiger partial charge in [0, 0.05) is 0 Å². The number of hydrogen-bond donors (Lipinski definition) is 6. The summed E-state index contributed by atoms with van der Waals surface area (Å²) in [5.41, 5.74) is 5.29. The summed E-state index contributed by atoms with van der Waals surface area (Å²) in [5, 5.41) is 25.4. The maximum absolute atomic E-state index is 12.7. The summed E-state index contributed by atoms with van der Waals surface area (Å²) in [7, 11) is 0. The number of carbonyl (C=O) groups excluding carboxylic acids is 3. The number of aliphatic hydroxyl groups excluding tert-OH is 1. The largest absolute Gasteiger partial charge is 0.480 e. The Morgan fingerprint density at radius 2 is 1.33 bits per heavy atom. The van der Waals surface area contributed by atoms with E-state index in [1.54, 1.807) is 13.8 Å². The van der Waals surface area contributed by atoms with Crippen LogP contribution in [0.1, 0.15) is 40.5 Å². The second kappa shape index (κ2) is 12.2. The molecule has 3 amide bonds. The number of aliphatic hydroxyl groups is 1. The zero-order chi connectivity index (χ0) is 21.1. The van der Waals surface area contributed by atoms with Gasteiger partial charge in [0.15, 0.2) is 0 Å². The van der Waals surface area contributed by atoms with E-state index in [0.717, 1.165) is 0 Å². The van der Waals surface area contributed by atoms with Crippen LogP contribution in [0, 0.1) is 11.8 Å². The molecule has 0 saturated heterocycles. The Kier molecular flexibility index (Phi) is 11.2. The average Bonchev–Trinajstić information content (AvgIpc) is 2.65.